The SMILES string of the molecule is CNS(=O)(=O)c1cc(NC(C)=O)ccc1-c1cnc(-c2ccc(NC(=S)NC(C)C)cc2)s1. The van der Waals surface area contributed by atoms with E-state index in [9.17, 15) is 13.2 Å². The second-order valence-corrected chi connectivity index (χ2v) is 10.8. The fraction of sp³-hybridized carbons (Fsp3) is 0.227. The van der Waals surface area contributed by atoms with Gasteiger partial charge in [0, 0.05) is 41.7 Å². The lowest BCUT2D eigenvalue weighted by Crippen LogP contribution is -2.33. The quantitative estimate of drug-likeness (QED) is 0.360. The molecule has 0 unspecified atom stereocenters. The molecule has 11 heteroatoms. The summed E-state index contributed by atoms with van der Waals surface area (Å²) in [5.74, 6) is -0.283. The Morgan fingerprint density at radius 1 is 1.06 bits per heavy atom. The molecule has 3 aromatic rings. The average molecular weight is 504 g/mol. The minimum Gasteiger partial charge on any atom is -0.360 e. The third kappa shape index (κ3) is 6.35. The largest absolute Gasteiger partial charge is 0.360 e. The number of aromatic nitrogens is 1. The number of rotatable bonds is 7. The predicted octanol–water partition coefficient (Wildman–Crippen LogP) is 4.04. The summed E-state index contributed by atoms with van der Waals surface area (Å²) in [6, 6.07) is 12.7. The van der Waals surface area contributed by atoms with E-state index in [1.807, 2.05) is 38.1 Å². The van der Waals surface area contributed by atoms with Gasteiger partial charge in [-0.2, -0.15) is 0 Å². The third-order valence-corrected chi connectivity index (χ3v) is 7.19. The number of hydrogen-bond acceptors (Lipinski definition) is 6. The first-order chi connectivity index (χ1) is 15.6. The van der Waals surface area contributed by atoms with Crippen LogP contribution < -0.4 is 20.7 Å². The maximum absolute atomic E-state index is 12.6. The molecule has 2 aromatic carbocycles. The molecule has 1 amide bonds. The van der Waals surface area contributed by atoms with Crippen molar-refractivity contribution in [1.29, 1.82) is 0 Å². The molecule has 1 heterocycles. The van der Waals surface area contributed by atoms with Gasteiger partial charge in [0.05, 0.1) is 9.77 Å². The fourth-order valence-corrected chi connectivity index (χ4v) is 5.35. The zero-order chi connectivity index (χ0) is 24.2. The van der Waals surface area contributed by atoms with Crippen molar-refractivity contribution in [3.63, 3.8) is 0 Å². The highest BCUT2D eigenvalue weighted by Crippen LogP contribution is 2.36. The molecule has 8 nitrogen and oxygen atoms in total. The number of anilines is 2. The lowest BCUT2D eigenvalue weighted by atomic mass is 10.2. The molecule has 0 radical (unpaired) electrons. The van der Waals surface area contributed by atoms with E-state index in [1.54, 1.807) is 18.3 Å². The van der Waals surface area contributed by atoms with Crippen LogP contribution in [0.25, 0.3) is 21.0 Å². The van der Waals surface area contributed by atoms with Gasteiger partial charge in [0.15, 0.2) is 5.11 Å². The van der Waals surface area contributed by atoms with Gasteiger partial charge >= 0.3 is 0 Å². The zero-order valence-corrected chi connectivity index (χ0v) is 21.0. The first-order valence-corrected chi connectivity index (χ1v) is 12.8. The van der Waals surface area contributed by atoms with Gasteiger partial charge in [-0.15, -0.1) is 11.3 Å². The summed E-state index contributed by atoms with van der Waals surface area (Å²) in [5, 5.41) is 10.2. The van der Waals surface area contributed by atoms with Crippen LogP contribution in [-0.4, -0.2) is 37.5 Å². The number of sulfonamides is 1. The van der Waals surface area contributed by atoms with Crippen LogP contribution >= 0.6 is 23.6 Å². The van der Waals surface area contributed by atoms with E-state index in [1.165, 1.54) is 31.4 Å². The van der Waals surface area contributed by atoms with Crippen molar-refractivity contribution in [2.75, 3.05) is 17.7 Å². The minimum atomic E-state index is -3.77. The maximum Gasteiger partial charge on any atom is 0.241 e. The lowest BCUT2D eigenvalue weighted by Gasteiger charge is -2.13. The molecule has 0 aliphatic carbocycles. The van der Waals surface area contributed by atoms with Crippen LogP contribution in [-0.2, 0) is 14.8 Å². The second-order valence-electron chi connectivity index (χ2n) is 7.46. The van der Waals surface area contributed by atoms with E-state index >= 15 is 0 Å². The Bertz CT molecular complexity index is 1270. The van der Waals surface area contributed by atoms with Gasteiger partial charge in [0.25, 0.3) is 0 Å². The molecule has 0 aliphatic heterocycles. The van der Waals surface area contributed by atoms with Gasteiger partial charge in [0.2, 0.25) is 15.9 Å². The second kappa shape index (κ2) is 10.4. The molecule has 33 heavy (non-hydrogen) atoms. The molecular formula is C22H25N5O3S3. The number of thiocarbonyl (C=S) groups is 1. The molecule has 0 saturated heterocycles. The monoisotopic (exact) mass is 503 g/mol. The van der Waals surface area contributed by atoms with Crippen molar-refractivity contribution in [2.45, 2.75) is 31.7 Å². The van der Waals surface area contributed by atoms with Gasteiger partial charge < -0.3 is 16.0 Å². The number of carbonyl (C=O) groups is 1. The van der Waals surface area contributed by atoms with Gasteiger partial charge in [-0.25, -0.2) is 18.1 Å². The summed E-state index contributed by atoms with van der Waals surface area (Å²) >= 11 is 6.65. The topological polar surface area (TPSA) is 112 Å². The lowest BCUT2D eigenvalue weighted by molar-refractivity contribution is -0.114. The van der Waals surface area contributed by atoms with E-state index in [2.05, 4.69) is 25.7 Å². The van der Waals surface area contributed by atoms with Gasteiger partial charge in [-0.1, -0.05) is 6.07 Å². The number of nitrogens with zero attached hydrogens (tertiary/aromatic N) is 1. The smallest absolute Gasteiger partial charge is 0.241 e. The van der Waals surface area contributed by atoms with Crippen LogP contribution in [0.5, 0.6) is 0 Å². The number of carbonyl (C=O) groups excluding carboxylic acids is 1. The van der Waals surface area contributed by atoms with Gasteiger partial charge in [-0.3, -0.25) is 4.79 Å². The standard InChI is InChI=1S/C22H25N5O3S3/c1-13(2)25-22(31)27-16-7-5-15(6-8-16)21-24-12-19(32-21)18-10-9-17(26-14(3)28)11-20(18)33(29,30)23-4/h5-13,23H,1-4H3,(H,26,28)(H2,25,27,31). The van der Waals surface area contributed by atoms with Crippen molar-refractivity contribution in [3.8, 4) is 21.0 Å². The Hall–Kier alpha value is -2.86. The number of amides is 1. The van der Waals surface area contributed by atoms with Crippen LogP contribution in [0.2, 0.25) is 0 Å². The summed E-state index contributed by atoms with van der Waals surface area (Å²) in [6.07, 6.45) is 1.65. The molecule has 4 N–H and O–H groups in total. The number of benzene rings is 2. The van der Waals surface area contributed by atoms with Gasteiger partial charge in [0.1, 0.15) is 5.01 Å². The molecule has 3 rings (SSSR count). The summed E-state index contributed by atoms with van der Waals surface area (Å²) in [5.41, 5.74) is 2.65. The highest BCUT2D eigenvalue weighted by molar-refractivity contribution is 7.89. The Labute approximate surface area is 202 Å². The van der Waals surface area contributed by atoms with Gasteiger partial charge in [-0.05, 0) is 69.5 Å². The number of hydrogen-bond donors (Lipinski definition) is 4. The molecular weight excluding hydrogens is 478 g/mol. The van der Waals surface area contributed by atoms with Crippen LogP contribution in [0.1, 0.15) is 20.8 Å². The Balaban J connectivity index is 1.89. The summed E-state index contributed by atoms with van der Waals surface area (Å²) in [6.45, 7) is 5.39. The predicted molar refractivity (Wildman–Crippen MR) is 138 cm³/mol. The maximum atomic E-state index is 12.6. The third-order valence-electron chi connectivity index (χ3n) is 4.44. The van der Waals surface area contributed by atoms with Crippen molar-refractivity contribution >= 4 is 56.0 Å². The average Bonchev–Trinajstić information content (AvgIpc) is 3.23. The summed E-state index contributed by atoms with van der Waals surface area (Å²) in [7, 11) is -2.42. The van der Waals surface area contributed by atoms with E-state index in [0.717, 1.165) is 16.3 Å². The highest BCUT2D eigenvalue weighted by Gasteiger charge is 2.20. The number of nitrogens with one attached hydrogen (secondary N) is 4. The Morgan fingerprint density at radius 3 is 2.33 bits per heavy atom. The molecule has 174 valence electrons. The van der Waals surface area contributed by atoms with Crippen LogP contribution in [0.4, 0.5) is 11.4 Å². The van der Waals surface area contributed by atoms with E-state index < -0.39 is 10.0 Å². The first kappa shape index (κ1) is 24.8. The zero-order valence-electron chi connectivity index (χ0n) is 18.6. The molecule has 0 aliphatic rings. The van der Waals surface area contributed by atoms with E-state index in [4.69, 9.17) is 12.2 Å². The molecule has 0 saturated carbocycles. The minimum absolute atomic E-state index is 0.0668. The molecule has 0 spiro atoms. The molecule has 0 fully saturated rings. The van der Waals surface area contributed by atoms with Crippen molar-refractivity contribution in [1.82, 2.24) is 15.0 Å². The van der Waals surface area contributed by atoms with Crippen LogP contribution in [0.15, 0.2) is 53.6 Å². The molecule has 1 aromatic heterocycles. The fourth-order valence-electron chi connectivity index (χ4n) is 3.00. The Morgan fingerprint density at radius 2 is 1.73 bits per heavy atom. The summed E-state index contributed by atoms with van der Waals surface area (Å²) in [4.78, 5) is 16.6. The highest BCUT2D eigenvalue weighted by atomic mass is 32.2. The van der Waals surface area contributed by atoms with Crippen molar-refractivity contribution in [2.24, 2.45) is 0 Å². The van der Waals surface area contributed by atoms with E-state index in [-0.39, 0.29) is 16.8 Å². The van der Waals surface area contributed by atoms with Crippen molar-refractivity contribution < 1.29 is 13.2 Å². The Kier molecular flexibility index (Phi) is 7.80. The summed E-state index contributed by atoms with van der Waals surface area (Å²) < 4.78 is 27.6. The first-order valence-electron chi connectivity index (χ1n) is 10.1. The normalized spacial score (nSPS) is 11.3. The van der Waals surface area contributed by atoms with E-state index in [0.29, 0.717) is 21.2 Å². The molecule has 0 atom stereocenters. The van der Waals surface area contributed by atoms with Crippen LogP contribution in [0, 0.1) is 0 Å². The molecule has 0 bridgehead atoms. The van der Waals surface area contributed by atoms with Crippen molar-refractivity contribution in [3.05, 3.63) is 48.7 Å². The number of thiazole rings is 1. The van der Waals surface area contributed by atoms with Crippen LogP contribution in [0.3, 0.4) is 0 Å².